The van der Waals surface area contributed by atoms with E-state index >= 15 is 0 Å². The van der Waals surface area contributed by atoms with Crippen LogP contribution in [0.4, 0.5) is 0 Å². The van der Waals surface area contributed by atoms with Gasteiger partial charge in [-0.15, -0.1) is 0 Å². The highest BCUT2D eigenvalue weighted by Gasteiger charge is 2.48. The van der Waals surface area contributed by atoms with Gasteiger partial charge in [0.25, 0.3) is 5.91 Å². The van der Waals surface area contributed by atoms with E-state index in [9.17, 15) is 9.59 Å². The summed E-state index contributed by atoms with van der Waals surface area (Å²) in [5, 5.41) is 7.41. The van der Waals surface area contributed by atoms with Gasteiger partial charge < -0.3 is 15.8 Å². The van der Waals surface area contributed by atoms with Crippen LogP contribution < -0.4 is 15.8 Å². The Labute approximate surface area is 153 Å². The highest BCUT2D eigenvalue weighted by atomic mass is 16.5. The van der Waals surface area contributed by atoms with Crippen LogP contribution in [0.25, 0.3) is 0 Å². The highest BCUT2D eigenvalue weighted by molar-refractivity contribution is 5.96. The van der Waals surface area contributed by atoms with Crippen LogP contribution in [0.5, 0.6) is 5.88 Å². The molecule has 7 heteroatoms. The van der Waals surface area contributed by atoms with Crippen molar-refractivity contribution in [1.82, 2.24) is 15.1 Å². The van der Waals surface area contributed by atoms with Gasteiger partial charge in [0.15, 0.2) is 0 Å². The Kier molecular flexibility index (Phi) is 4.40. The molecule has 0 aliphatic heterocycles. The van der Waals surface area contributed by atoms with E-state index in [4.69, 9.17) is 10.5 Å². The molecule has 0 aromatic carbocycles. The zero-order valence-corrected chi connectivity index (χ0v) is 15.5. The third-order valence-electron chi connectivity index (χ3n) is 6.21. The number of ether oxygens (including phenoxy) is 1. The Bertz CT molecular complexity index is 684. The molecule has 4 fully saturated rings. The lowest BCUT2D eigenvalue weighted by atomic mass is 9.54. The molecule has 4 aliphatic carbocycles. The van der Waals surface area contributed by atoms with E-state index in [1.54, 1.807) is 0 Å². The average Bonchev–Trinajstić information content (AvgIpc) is 2.91. The quantitative estimate of drug-likeness (QED) is 0.807. The van der Waals surface area contributed by atoms with Crippen molar-refractivity contribution in [3.05, 3.63) is 11.8 Å². The zero-order chi connectivity index (χ0) is 18.4. The molecule has 3 N–H and O–H groups in total. The molecule has 4 bridgehead atoms. The molecule has 0 atom stereocenters. The third kappa shape index (κ3) is 3.19. The summed E-state index contributed by atoms with van der Waals surface area (Å²) in [6, 6.07) is 0.252. The van der Waals surface area contributed by atoms with Crippen LogP contribution in [-0.2, 0) is 11.3 Å². The summed E-state index contributed by atoms with van der Waals surface area (Å²) in [7, 11) is 0. The van der Waals surface area contributed by atoms with Crippen LogP contribution in [0.2, 0.25) is 0 Å². The molecule has 4 saturated carbocycles. The highest BCUT2D eigenvalue weighted by Crippen LogP contribution is 2.53. The summed E-state index contributed by atoms with van der Waals surface area (Å²) in [4.78, 5) is 24.3. The van der Waals surface area contributed by atoms with E-state index in [0.717, 1.165) is 11.8 Å². The maximum absolute atomic E-state index is 13.0. The normalized spacial score (nSPS) is 32.0. The smallest absolute Gasteiger partial charge is 0.258 e. The lowest BCUT2D eigenvalue weighted by molar-refractivity contribution is -0.118. The van der Waals surface area contributed by atoms with Crippen molar-refractivity contribution in [3.63, 3.8) is 0 Å². The largest absolute Gasteiger partial charge is 0.475 e. The maximum atomic E-state index is 13.0. The number of amides is 2. The predicted octanol–water partition coefficient (Wildman–Crippen LogP) is 1.71. The number of rotatable bonds is 6. The van der Waals surface area contributed by atoms with Gasteiger partial charge in [-0.2, -0.15) is 5.10 Å². The van der Waals surface area contributed by atoms with E-state index in [2.05, 4.69) is 10.4 Å². The monoisotopic (exact) mass is 360 g/mol. The van der Waals surface area contributed by atoms with Gasteiger partial charge in [-0.05, 0) is 69.6 Å². The minimum absolute atomic E-state index is 0.104. The molecule has 142 valence electrons. The molecule has 0 spiro atoms. The molecule has 1 heterocycles. The van der Waals surface area contributed by atoms with Crippen molar-refractivity contribution in [2.45, 2.75) is 64.6 Å². The fourth-order valence-corrected chi connectivity index (χ4v) is 5.53. The first-order valence-electron chi connectivity index (χ1n) is 9.72. The molecule has 5 rings (SSSR count). The summed E-state index contributed by atoms with van der Waals surface area (Å²) >= 11 is 0. The summed E-state index contributed by atoms with van der Waals surface area (Å²) in [5.41, 5.74) is 5.67. The molecule has 7 nitrogen and oxygen atoms in total. The molecule has 4 aliphatic rings. The van der Waals surface area contributed by atoms with Gasteiger partial charge in [-0.25, -0.2) is 4.68 Å². The second-order valence-corrected chi connectivity index (χ2v) is 8.58. The van der Waals surface area contributed by atoms with Crippen molar-refractivity contribution in [2.24, 2.45) is 29.4 Å². The topological polar surface area (TPSA) is 99.2 Å². The van der Waals surface area contributed by atoms with E-state index in [0.29, 0.717) is 23.3 Å². The number of hydrogen-bond acceptors (Lipinski definition) is 4. The second-order valence-electron chi connectivity index (χ2n) is 8.58. The number of nitrogens with one attached hydrogen (secondary N) is 1. The molecular weight excluding hydrogens is 332 g/mol. The molecule has 1 aromatic heterocycles. The SMILES string of the molecule is CC(C)Oc1c(C(=O)NC2C3CC4CC(C3)CC2C4)cnn1CC(N)=O. The van der Waals surface area contributed by atoms with Crippen LogP contribution in [0.15, 0.2) is 6.20 Å². The molecular formula is C19H28N4O3. The fraction of sp³-hybridized carbons (Fsp3) is 0.737. The van der Waals surface area contributed by atoms with Gasteiger partial charge in [-0.3, -0.25) is 9.59 Å². The minimum atomic E-state index is -0.519. The summed E-state index contributed by atoms with van der Waals surface area (Å²) < 4.78 is 7.15. The Morgan fingerprint density at radius 2 is 1.85 bits per heavy atom. The summed E-state index contributed by atoms with van der Waals surface area (Å²) in [6.07, 6.45) is 7.71. The Morgan fingerprint density at radius 1 is 1.23 bits per heavy atom. The lowest BCUT2D eigenvalue weighted by Crippen LogP contribution is -2.55. The van der Waals surface area contributed by atoms with Gasteiger partial charge >= 0.3 is 0 Å². The van der Waals surface area contributed by atoms with Crippen LogP contribution in [0.3, 0.4) is 0 Å². The van der Waals surface area contributed by atoms with Gasteiger partial charge in [-0.1, -0.05) is 0 Å². The van der Waals surface area contributed by atoms with Crippen LogP contribution in [-0.4, -0.2) is 33.7 Å². The zero-order valence-electron chi connectivity index (χ0n) is 15.5. The van der Waals surface area contributed by atoms with E-state index in [-0.39, 0.29) is 24.6 Å². The minimum Gasteiger partial charge on any atom is -0.475 e. The summed E-state index contributed by atoms with van der Waals surface area (Å²) in [6.45, 7) is 3.65. The number of aromatic nitrogens is 2. The van der Waals surface area contributed by atoms with Crippen molar-refractivity contribution in [1.29, 1.82) is 0 Å². The Balaban J connectivity index is 1.52. The number of nitrogens with zero attached hydrogens (tertiary/aromatic N) is 2. The Morgan fingerprint density at radius 3 is 2.38 bits per heavy atom. The van der Waals surface area contributed by atoms with Gasteiger partial charge in [0.05, 0.1) is 12.3 Å². The number of primary amides is 1. The number of nitrogens with two attached hydrogens (primary N) is 1. The predicted molar refractivity (Wildman–Crippen MR) is 95.5 cm³/mol. The number of hydrogen-bond donors (Lipinski definition) is 2. The van der Waals surface area contributed by atoms with Crippen molar-refractivity contribution < 1.29 is 14.3 Å². The standard InChI is InChI=1S/C19H28N4O3/c1-10(2)26-19-15(8-21-23(19)9-16(20)24)18(25)22-17-13-4-11-3-12(6-13)7-14(17)5-11/h8,10-14,17H,3-7,9H2,1-2H3,(H2,20,24)(H,22,25). The summed E-state index contributed by atoms with van der Waals surface area (Å²) in [5.74, 6) is 2.58. The number of carbonyl (C=O) groups is 2. The third-order valence-corrected chi connectivity index (χ3v) is 6.21. The molecule has 1 aromatic rings. The first kappa shape index (κ1) is 17.4. The fourth-order valence-electron chi connectivity index (χ4n) is 5.53. The van der Waals surface area contributed by atoms with Crippen molar-refractivity contribution >= 4 is 11.8 Å². The van der Waals surface area contributed by atoms with Crippen LogP contribution in [0.1, 0.15) is 56.3 Å². The van der Waals surface area contributed by atoms with Gasteiger partial charge in [0.1, 0.15) is 12.1 Å². The van der Waals surface area contributed by atoms with E-state index in [1.165, 1.54) is 43.0 Å². The van der Waals surface area contributed by atoms with Crippen LogP contribution in [0, 0.1) is 23.7 Å². The molecule has 0 radical (unpaired) electrons. The van der Waals surface area contributed by atoms with Crippen LogP contribution >= 0.6 is 0 Å². The van der Waals surface area contributed by atoms with E-state index < -0.39 is 5.91 Å². The van der Waals surface area contributed by atoms with Gasteiger partial charge in [0, 0.05) is 6.04 Å². The van der Waals surface area contributed by atoms with Gasteiger partial charge in [0.2, 0.25) is 11.8 Å². The van der Waals surface area contributed by atoms with Crippen molar-refractivity contribution in [3.8, 4) is 5.88 Å². The molecule has 0 unspecified atom stereocenters. The number of carbonyl (C=O) groups excluding carboxylic acids is 2. The molecule has 2 amide bonds. The average molecular weight is 360 g/mol. The molecule has 26 heavy (non-hydrogen) atoms. The maximum Gasteiger partial charge on any atom is 0.258 e. The molecule has 0 saturated heterocycles. The lowest BCUT2D eigenvalue weighted by Gasteiger charge is -2.54. The second kappa shape index (κ2) is 6.59. The Hall–Kier alpha value is -2.05. The first-order valence-corrected chi connectivity index (χ1v) is 9.72. The van der Waals surface area contributed by atoms with Crippen molar-refractivity contribution in [2.75, 3.05) is 0 Å². The van der Waals surface area contributed by atoms with E-state index in [1.807, 2.05) is 13.8 Å². The first-order chi connectivity index (χ1) is 12.4.